The van der Waals surface area contributed by atoms with Gasteiger partial charge in [-0.1, -0.05) is 72.2 Å². The van der Waals surface area contributed by atoms with Crippen LogP contribution in [0.2, 0.25) is 0 Å². The van der Waals surface area contributed by atoms with Gasteiger partial charge < -0.3 is 10.1 Å². The molecule has 0 bridgehead atoms. The summed E-state index contributed by atoms with van der Waals surface area (Å²) in [5.41, 5.74) is 2.39. The van der Waals surface area contributed by atoms with Crippen molar-refractivity contribution in [2.75, 3.05) is 5.32 Å². The van der Waals surface area contributed by atoms with E-state index in [1.54, 1.807) is 0 Å². The molecule has 51 heavy (non-hydrogen) atoms. The van der Waals surface area contributed by atoms with Crippen LogP contribution < -0.4 is 5.32 Å². The maximum atomic E-state index is 14.8. The fraction of sp³-hybridized carbons (Fsp3) is 0.614. The predicted octanol–water partition coefficient (Wildman–Crippen LogP) is 11.0. The number of hydrogen-bond acceptors (Lipinski definition) is 6. The molecule has 0 unspecified atom stereocenters. The lowest BCUT2D eigenvalue weighted by Crippen LogP contribution is -2.66. The highest BCUT2D eigenvalue weighted by Crippen LogP contribution is 2.75. The van der Waals surface area contributed by atoms with Gasteiger partial charge in [0.25, 0.3) is 0 Å². The molecule has 1 amide bonds. The molecule has 0 spiro atoms. The molecular formula is C44H57N3O4. The molecule has 4 saturated carbocycles. The van der Waals surface area contributed by atoms with Crippen LogP contribution in [0.4, 0.5) is 17.1 Å². The molecule has 4 fully saturated rings. The van der Waals surface area contributed by atoms with Crippen LogP contribution in [-0.2, 0) is 19.1 Å². The number of esters is 1. The van der Waals surface area contributed by atoms with Crippen LogP contribution in [0.15, 0.2) is 76.5 Å². The second kappa shape index (κ2) is 12.2. The summed E-state index contributed by atoms with van der Waals surface area (Å²) in [6.45, 7) is 17.8. The summed E-state index contributed by atoms with van der Waals surface area (Å²) < 4.78 is 5.89. The first-order chi connectivity index (χ1) is 24.0. The minimum absolute atomic E-state index is 0.0436. The molecule has 1 N–H and O–H groups in total. The van der Waals surface area contributed by atoms with Gasteiger partial charge in [-0.3, -0.25) is 14.4 Å². The largest absolute Gasteiger partial charge is 0.462 e. The number of hydrogen-bond donors (Lipinski definition) is 1. The number of ether oxygens (including phenoxy) is 1. The SMILES string of the molecule is CC(=O)O[C@@H]1CC[C@@]2(C)[C@H](CC[C@]3(C)[C@@H]2C(=O)C=C2[C@H]4C[C@@](C)(C(=O)Nc5ccc(N=Nc6ccccc6)cc5)CC[C@]4(C)CC[C@@]23C)C1(C)C. The Labute approximate surface area is 304 Å². The second-order valence-corrected chi connectivity index (χ2v) is 18.7. The third-order valence-electron chi connectivity index (χ3n) is 15.5. The van der Waals surface area contributed by atoms with E-state index in [0.717, 1.165) is 74.8 Å². The number of nitrogens with one attached hydrogen (secondary N) is 1. The highest BCUT2D eigenvalue weighted by Gasteiger charge is 2.70. The first kappa shape index (κ1) is 35.8. The van der Waals surface area contributed by atoms with E-state index >= 15 is 0 Å². The highest BCUT2D eigenvalue weighted by molar-refractivity contribution is 5.97. The van der Waals surface area contributed by atoms with Crippen molar-refractivity contribution in [3.63, 3.8) is 0 Å². The zero-order valence-corrected chi connectivity index (χ0v) is 32.0. The van der Waals surface area contributed by atoms with Gasteiger partial charge >= 0.3 is 5.97 Å². The lowest BCUT2D eigenvalue weighted by molar-refractivity contribution is -0.210. The van der Waals surface area contributed by atoms with E-state index in [1.165, 1.54) is 12.5 Å². The fourth-order valence-corrected chi connectivity index (χ4v) is 12.3. The van der Waals surface area contributed by atoms with Crippen molar-refractivity contribution in [3.05, 3.63) is 66.2 Å². The number of carbonyl (C=O) groups is 3. The van der Waals surface area contributed by atoms with E-state index in [-0.39, 0.29) is 62.7 Å². The van der Waals surface area contributed by atoms with Crippen molar-refractivity contribution in [2.24, 2.45) is 60.5 Å². The molecule has 7 heteroatoms. The van der Waals surface area contributed by atoms with E-state index in [0.29, 0.717) is 5.92 Å². The number of amides is 1. The summed E-state index contributed by atoms with van der Waals surface area (Å²) in [6.07, 6.45) is 10.4. The Hall–Kier alpha value is -3.61. The summed E-state index contributed by atoms with van der Waals surface area (Å²) in [5, 5.41) is 11.9. The topological polar surface area (TPSA) is 97.2 Å². The van der Waals surface area contributed by atoms with Crippen LogP contribution in [0.1, 0.15) is 113 Å². The van der Waals surface area contributed by atoms with Gasteiger partial charge in [0.2, 0.25) is 5.91 Å². The third-order valence-corrected chi connectivity index (χ3v) is 15.5. The van der Waals surface area contributed by atoms with Gasteiger partial charge in [0.15, 0.2) is 5.78 Å². The molecule has 2 aromatic rings. The number of azo groups is 1. The minimum Gasteiger partial charge on any atom is -0.462 e. The summed E-state index contributed by atoms with van der Waals surface area (Å²) in [4.78, 5) is 41.0. The molecule has 0 radical (unpaired) electrons. The summed E-state index contributed by atoms with van der Waals surface area (Å²) in [6, 6.07) is 17.2. The Morgan fingerprint density at radius 3 is 2.10 bits per heavy atom. The van der Waals surface area contributed by atoms with E-state index in [9.17, 15) is 14.4 Å². The van der Waals surface area contributed by atoms with Crippen molar-refractivity contribution in [2.45, 2.75) is 119 Å². The number of rotatable bonds is 5. The number of allylic oxidation sites excluding steroid dienone is 2. The van der Waals surface area contributed by atoms with Crippen molar-refractivity contribution in [1.82, 2.24) is 0 Å². The van der Waals surface area contributed by atoms with Gasteiger partial charge in [0.1, 0.15) is 6.10 Å². The van der Waals surface area contributed by atoms with E-state index in [2.05, 4.69) is 70.1 Å². The van der Waals surface area contributed by atoms with Crippen LogP contribution in [-0.4, -0.2) is 23.8 Å². The molecule has 5 aliphatic rings. The molecule has 0 aliphatic heterocycles. The van der Waals surface area contributed by atoms with Crippen molar-refractivity contribution >= 4 is 34.7 Å². The van der Waals surface area contributed by atoms with Gasteiger partial charge in [-0.25, -0.2) is 0 Å². The van der Waals surface area contributed by atoms with Gasteiger partial charge in [0.05, 0.1) is 11.4 Å². The van der Waals surface area contributed by atoms with Crippen LogP contribution in [0.5, 0.6) is 0 Å². The summed E-state index contributed by atoms with van der Waals surface area (Å²) in [7, 11) is 0. The smallest absolute Gasteiger partial charge is 0.302 e. The van der Waals surface area contributed by atoms with Gasteiger partial charge in [0, 0.05) is 29.4 Å². The number of carbonyl (C=O) groups excluding carboxylic acids is 3. The monoisotopic (exact) mass is 691 g/mol. The highest BCUT2D eigenvalue weighted by atomic mass is 16.5. The molecule has 7 nitrogen and oxygen atoms in total. The Morgan fingerprint density at radius 1 is 0.784 bits per heavy atom. The van der Waals surface area contributed by atoms with E-state index in [4.69, 9.17) is 4.74 Å². The van der Waals surface area contributed by atoms with E-state index in [1.807, 2.05) is 54.6 Å². The van der Waals surface area contributed by atoms with Crippen LogP contribution in [0, 0.1) is 50.2 Å². The van der Waals surface area contributed by atoms with E-state index < -0.39 is 5.41 Å². The Morgan fingerprint density at radius 2 is 1.43 bits per heavy atom. The van der Waals surface area contributed by atoms with Gasteiger partial charge in [-0.05, 0) is 134 Å². The molecule has 272 valence electrons. The zero-order valence-electron chi connectivity index (χ0n) is 32.0. The first-order valence-electron chi connectivity index (χ1n) is 19.3. The molecule has 0 saturated heterocycles. The quantitative estimate of drug-likeness (QED) is 0.249. The van der Waals surface area contributed by atoms with Gasteiger partial charge in [-0.15, -0.1) is 0 Å². The zero-order chi connectivity index (χ0) is 36.6. The normalized spacial score (nSPS) is 39.8. The molecule has 5 aliphatic carbocycles. The molecule has 9 atom stereocenters. The number of benzene rings is 2. The number of anilines is 1. The number of ketones is 1. The standard InChI is InChI=1S/C44H57N3O4/c1-28(48)51-36-19-20-42(6)35(39(36,2)3)18-21-44(8)37(42)34(49)26-32-33-27-41(5,23-22-40(33,4)24-25-43(32,44)7)38(50)45-29-14-16-31(17-15-29)47-46-30-12-10-9-11-13-30/h9-17,26,33,35-37H,18-25,27H2,1-8H3,(H,45,50)/t33-,35-,36-,37-,40-,41+,42+,43+,44-/m1/s1. The number of nitrogens with zero attached hydrogens (tertiary/aromatic N) is 2. The van der Waals surface area contributed by atoms with Crippen LogP contribution in [0.3, 0.4) is 0 Å². The van der Waals surface area contributed by atoms with Crippen LogP contribution in [0.25, 0.3) is 0 Å². The summed E-state index contributed by atoms with van der Waals surface area (Å²) in [5.74, 6) is 0.494. The lowest BCUT2D eigenvalue weighted by atomic mass is 9.33. The molecule has 0 heterocycles. The maximum absolute atomic E-state index is 14.8. The maximum Gasteiger partial charge on any atom is 0.302 e. The molecule has 0 aromatic heterocycles. The van der Waals surface area contributed by atoms with Crippen molar-refractivity contribution in [1.29, 1.82) is 0 Å². The van der Waals surface area contributed by atoms with Crippen LogP contribution >= 0.6 is 0 Å². The fourth-order valence-electron chi connectivity index (χ4n) is 12.3. The third kappa shape index (κ3) is 5.63. The molecular weight excluding hydrogens is 635 g/mol. The molecule has 2 aromatic carbocycles. The second-order valence-electron chi connectivity index (χ2n) is 18.7. The lowest BCUT2D eigenvalue weighted by Gasteiger charge is -2.70. The van der Waals surface area contributed by atoms with Gasteiger partial charge in [-0.2, -0.15) is 10.2 Å². The Balaban J connectivity index is 1.14. The predicted molar refractivity (Wildman–Crippen MR) is 201 cm³/mol. The molecule has 7 rings (SSSR count). The average Bonchev–Trinajstić information content (AvgIpc) is 3.08. The average molecular weight is 692 g/mol. The van der Waals surface area contributed by atoms with Crippen molar-refractivity contribution < 1.29 is 19.1 Å². The number of fused-ring (bicyclic) bond motifs is 7. The first-order valence-corrected chi connectivity index (χ1v) is 19.3. The Bertz CT molecular complexity index is 1780. The Kier molecular flexibility index (Phi) is 8.58. The summed E-state index contributed by atoms with van der Waals surface area (Å²) >= 11 is 0. The van der Waals surface area contributed by atoms with Crippen molar-refractivity contribution in [3.8, 4) is 0 Å². The minimum atomic E-state index is -0.557.